The van der Waals surface area contributed by atoms with E-state index in [9.17, 15) is 0 Å². The van der Waals surface area contributed by atoms with E-state index in [-0.39, 0.29) is 0 Å². The number of hydrogen-bond acceptors (Lipinski definition) is 4. The molecule has 4 nitrogen and oxygen atoms in total. The quantitative estimate of drug-likeness (QED) is 0.792. The first-order valence-corrected chi connectivity index (χ1v) is 5.60. The molecule has 4 heteroatoms. The molecular formula is C11H18N4. The average Bonchev–Trinajstić information content (AvgIpc) is 2.17. The highest BCUT2D eigenvalue weighted by atomic mass is 15.1. The number of nitrogens with two attached hydrogens (primary N) is 1. The third-order valence-electron chi connectivity index (χ3n) is 2.99. The molecule has 0 spiro atoms. The summed E-state index contributed by atoms with van der Waals surface area (Å²) in [5.74, 6) is 2.34. The minimum absolute atomic E-state index is 0.586. The van der Waals surface area contributed by atoms with Gasteiger partial charge in [-0.1, -0.05) is 6.92 Å². The smallest absolute Gasteiger partial charge is 0.134 e. The molecule has 82 valence electrons. The van der Waals surface area contributed by atoms with Gasteiger partial charge in [-0.15, -0.1) is 0 Å². The summed E-state index contributed by atoms with van der Waals surface area (Å²) < 4.78 is 0. The van der Waals surface area contributed by atoms with Gasteiger partial charge in [-0.2, -0.15) is 0 Å². The second-order valence-electron chi connectivity index (χ2n) is 4.12. The number of aryl methyl sites for hydroxylation is 1. The summed E-state index contributed by atoms with van der Waals surface area (Å²) in [5, 5.41) is 3.43. The van der Waals surface area contributed by atoms with E-state index in [0.29, 0.717) is 11.9 Å². The monoisotopic (exact) mass is 206 g/mol. The summed E-state index contributed by atoms with van der Waals surface area (Å²) in [4.78, 5) is 8.70. The van der Waals surface area contributed by atoms with Crippen LogP contribution in [0.15, 0.2) is 0 Å². The summed E-state index contributed by atoms with van der Waals surface area (Å²) in [7, 11) is 0. The fourth-order valence-electron chi connectivity index (χ4n) is 1.63. The molecule has 0 aromatic carbocycles. The molecule has 3 N–H and O–H groups in total. The maximum Gasteiger partial charge on any atom is 0.134 e. The largest absolute Gasteiger partial charge is 0.383 e. The van der Waals surface area contributed by atoms with Gasteiger partial charge in [-0.25, -0.2) is 9.97 Å². The standard InChI is InChI=1S/C11H18N4/c1-3-9-14-10(12)7(2)11(15-9)13-8-5-4-6-8/h8H,3-6H2,1-2H3,(H3,12,13,14,15). The first-order valence-electron chi connectivity index (χ1n) is 5.60. The van der Waals surface area contributed by atoms with Crippen LogP contribution in [0.25, 0.3) is 0 Å². The summed E-state index contributed by atoms with van der Waals surface area (Å²) in [6, 6.07) is 0.586. The Morgan fingerprint density at radius 3 is 2.67 bits per heavy atom. The van der Waals surface area contributed by atoms with Crippen LogP contribution in [0.2, 0.25) is 0 Å². The molecule has 2 rings (SSSR count). The van der Waals surface area contributed by atoms with Crippen LogP contribution in [-0.2, 0) is 6.42 Å². The molecule has 0 aliphatic heterocycles. The van der Waals surface area contributed by atoms with Crippen molar-refractivity contribution in [3.63, 3.8) is 0 Å². The van der Waals surface area contributed by atoms with Gasteiger partial charge in [0.1, 0.15) is 17.5 Å². The van der Waals surface area contributed by atoms with Gasteiger partial charge in [0.05, 0.1) is 0 Å². The van der Waals surface area contributed by atoms with E-state index in [1.54, 1.807) is 0 Å². The van der Waals surface area contributed by atoms with Gasteiger partial charge in [0.25, 0.3) is 0 Å². The number of nitrogen functional groups attached to an aromatic ring is 1. The molecule has 1 heterocycles. The van der Waals surface area contributed by atoms with Crippen LogP contribution in [0.4, 0.5) is 11.6 Å². The van der Waals surface area contributed by atoms with Gasteiger partial charge in [-0.05, 0) is 26.2 Å². The van der Waals surface area contributed by atoms with E-state index in [0.717, 1.165) is 23.6 Å². The van der Waals surface area contributed by atoms with Crippen LogP contribution in [0, 0.1) is 6.92 Å². The summed E-state index contributed by atoms with van der Waals surface area (Å²) in [6.07, 6.45) is 4.62. The van der Waals surface area contributed by atoms with Gasteiger partial charge < -0.3 is 11.1 Å². The maximum absolute atomic E-state index is 5.84. The normalized spacial score (nSPS) is 16.1. The van der Waals surface area contributed by atoms with Crippen molar-refractivity contribution in [3.8, 4) is 0 Å². The summed E-state index contributed by atoms with van der Waals surface area (Å²) in [5.41, 5.74) is 6.81. The number of rotatable bonds is 3. The zero-order valence-electron chi connectivity index (χ0n) is 9.38. The van der Waals surface area contributed by atoms with Gasteiger partial charge in [0.2, 0.25) is 0 Å². The lowest BCUT2D eigenvalue weighted by atomic mass is 9.93. The Kier molecular flexibility index (Phi) is 2.75. The van der Waals surface area contributed by atoms with Crippen molar-refractivity contribution < 1.29 is 0 Å². The van der Waals surface area contributed by atoms with Crippen molar-refractivity contribution in [1.29, 1.82) is 0 Å². The Labute approximate surface area is 90.3 Å². The van der Waals surface area contributed by atoms with Crippen LogP contribution in [-0.4, -0.2) is 16.0 Å². The van der Waals surface area contributed by atoms with Crippen molar-refractivity contribution in [2.45, 2.75) is 45.6 Å². The van der Waals surface area contributed by atoms with Gasteiger partial charge in [0.15, 0.2) is 0 Å². The van der Waals surface area contributed by atoms with Crippen LogP contribution >= 0.6 is 0 Å². The van der Waals surface area contributed by atoms with Crippen molar-refractivity contribution in [1.82, 2.24) is 9.97 Å². The molecule has 0 atom stereocenters. The van der Waals surface area contributed by atoms with E-state index in [2.05, 4.69) is 15.3 Å². The molecular weight excluding hydrogens is 188 g/mol. The average molecular weight is 206 g/mol. The second kappa shape index (κ2) is 4.04. The molecule has 1 saturated carbocycles. The Morgan fingerprint density at radius 1 is 1.40 bits per heavy atom. The minimum Gasteiger partial charge on any atom is -0.383 e. The van der Waals surface area contributed by atoms with Crippen molar-refractivity contribution in [3.05, 3.63) is 11.4 Å². The number of nitrogens with zero attached hydrogens (tertiary/aromatic N) is 2. The molecule has 0 bridgehead atoms. The van der Waals surface area contributed by atoms with Crippen molar-refractivity contribution in [2.75, 3.05) is 11.1 Å². The molecule has 0 radical (unpaired) electrons. The van der Waals surface area contributed by atoms with E-state index in [1.807, 2.05) is 13.8 Å². The summed E-state index contributed by atoms with van der Waals surface area (Å²) >= 11 is 0. The zero-order valence-corrected chi connectivity index (χ0v) is 9.38. The van der Waals surface area contributed by atoms with Crippen LogP contribution < -0.4 is 11.1 Å². The van der Waals surface area contributed by atoms with E-state index >= 15 is 0 Å². The highest BCUT2D eigenvalue weighted by Gasteiger charge is 2.19. The second-order valence-corrected chi connectivity index (χ2v) is 4.12. The molecule has 0 amide bonds. The van der Waals surface area contributed by atoms with E-state index in [4.69, 9.17) is 5.73 Å². The summed E-state index contributed by atoms with van der Waals surface area (Å²) in [6.45, 7) is 4.01. The Bertz CT molecular complexity index is 358. The first-order chi connectivity index (χ1) is 7.20. The third-order valence-corrected chi connectivity index (χ3v) is 2.99. The predicted molar refractivity (Wildman–Crippen MR) is 61.8 cm³/mol. The topological polar surface area (TPSA) is 63.8 Å². The number of anilines is 2. The lowest BCUT2D eigenvalue weighted by molar-refractivity contribution is 0.444. The molecule has 1 aromatic rings. The van der Waals surface area contributed by atoms with Crippen LogP contribution in [0.3, 0.4) is 0 Å². The highest BCUT2D eigenvalue weighted by molar-refractivity contribution is 5.55. The molecule has 1 aromatic heterocycles. The van der Waals surface area contributed by atoms with Crippen molar-refractivity contribution >= 4 is 11.6 Å². The first kappa shape index (κ1) is 10.2. The highest BCUT2D eigenvalue weighted by Crippen LogP contribution is 2.25. The SMILES string of the molecule is CCc1nc(N)c(C)c(NC2CCC2)n1. The Hall–Kier alpha value is -1.32. The fraction of sp³-hybridized carbons (Fsp3) is 0.636. The third kappa shape index (κ3) is 2.03. The molecule has 15 heavy (non-hydrogen) atoms. The molecule has 0 unspecified atom stereocenters. The van der Waals surface area contributed by atoms with Crippen LogP contribution in [0.5, 0.6) is 0 Å². The van der Waals surface area contributed by atoms with E-state index in [1.165, 1.54) is 19.3 Å². The van der Waals surface area contributed by atoms with Gasteiger partial charge in [0, 0.05) is 18.0 Å². The predicted octanol–water partition coefficient (Wildman–Crippen LogP) is 1.89. The van der Waals surface area contributed by atoms with Gasteiger partial charge >= 0.3 is 0 Å². The number of hydrogen-bond donors (Lipinski definition) is 2. The number of aromatic nitrogens is 2. The van der Waals surface area contributed by atoms with Gasteiger partial charge in [-0.3, -0.25) is 0 Å². The van der Waals surface area contributed by atoms with Crippen LogP contribution in [0.1, 0.15) is 37.6 Å². The lowest BCUT2D eigenvalue weighted by Crippen LogP contribution is -2.28. The number of nitrogens with one attached hydrogen (secondary N) is 1. The molecule has 0 saturated heterocycles. The molecule has 1 aliphatic carbocycles. The minimum atomic E-state index is 0.586. The lowest BCUT2D eigenvalue weighted by Gasteiger charge is -2.27. The maximum atomic E-state index is 5.84. The molecule has 1 aliphatic rings. The Morgan fingerprint density at radius 2 is 2.13 bits per heavy atom. The van der Waals surface area contributed by atoms with E-state index < -0.39 is 0 Å². The fourth-order valence-corrected chi connectivity index (χ4v) is 1.63. The zero-order chi connectivity index (χ0) is 10.8. The van der Waals surface area contributed by atoms with Crippen molar-refractivity contribution in [2.24, 2.45) is 0 Å². The molecule has 1 fully saturated rings. The Balaban J connectivity index is 2.23.